The molecule has 7 nitrogen and oxygen atoms in total. The Morgan fingerprint density at radius 2 is 2.00 bits per heavy atom. The highest BCUT2D eigenvalue weighted by Gasteiger charge is 2.19. The van der Waals surface area contributed by atoms with Crippen LogP contribution in [0.15, 0.2) is 35.5 Å². The van der Waals surface area contributed by atoms with Crippen molar-refractivity contribution < 1.29 is 13.6 Å². The summed E-state index contributed by atoms with van der Waals surface area (Å²) in [6.45, 7) is 5.92. The molecule has 1 amide bonds. The van der Waals surface area contributed by atoms with Gasteiger partial charge >= 0.3 is 0 Å². The summed E-state index contributed by atoms with van der Waals surface area (Å²) in [7, 11) is 0. The summed E-state index contributed by atoms with van der Waals surface area (Å²) in [6.07, 6.45) is 2.75. The Kier molecular flexibility index (Phi) is 4.77. The lowest BCUT2D eigenvalue weighted by atomic mass is 10.1. The van der Waals surface area contributed by atoms with Crippen LogP contribution in [0.3, 0.4) is 0 Å². The third-order valence-corrected chi connectivity index (χ3v) is 3.97. The molecule has 0 saturated carbocycles. The van der Waals surface area contributed by atoms with Gasteiger partial charge in [-0.3, -0.25) is 14.2 Å². The van der Waals surface area contributed by atoms with Crippen LogP contribution in [-0.2, 0) is 16.9 Å². The number of hydrogen-bond donors (Lipinski definition) is 1. The number of aromatic nitrogens is 4. The molecule has 0 aliphatic carbocycles. The summed E-state index contributed by atoms with van der Waals surface area (Å²) in [5.41, 5.74) is -0.279. The zero-order valence-corrected chi connectivity index (χ0v) is 15.2. The normalized spacial score (nSPS) is 11.7. The number of benzene rings is 1. The van der Waals surface area contributed by atoms with Gasteiger partial charge in [-0.25, -0.2) is 18.4 Å². The molecule has 9 heteroatoms. The number of anilines is 1. The van der Waals surface area contributed by atoms with Crippen LogP contribution in [-0.4, -0.2) is 25.2 Å². The molecule has 142 valence electrons. The summed E-state index contributed by atoms with van der Waals surface area (Å²) in [5.74, 6) is -2.09. The van der Waals surface area contributed by atoms with Crippen molar-refractivity contribution in [1.82, 2.24) is 19.3 Å². The van der Waals surface area contributed by atoms with Gasteiger partial charge in [-0.05, 0) is 32.9 Å². The second kappa shape index (κ2) is 6.90. The third-order valence-electron chi connectivity index (χ3n) is 3.97. The Bertz CT molecular complexity index is 1070. The maximum absolute atomic E-state index is 13.6. The van der Waals surface area contributed by atoms with Crippen molar-refractivity contribution >= 4 is 22.6 Å². The molecular weight excluding hydrogens is 356 g/mol. The predicted octanol–water partition coefficient (Wildman–Crippen LogP) is 2.66. The second-order valence-corrected chi connectivity index (χ2v) is 7.13. The Morgan fingerprint density at radius 1 is 1.26 bits per heavy atom. The molecule has 0 atom stereocenters. The van der Waals surface area contributed by atoms with Crippen molar-refractivity contribution in [2.24, 2.45) is 0 Å². The summed E-state index contributed by atoms with van der Waals surface area (Å²) >= 11 is 0. The van der Waals surface area contributed by atoms with Gasteiger partial charge in [-0.1, -0.05) is 0 Å². The maximum Gasteiger partial charge on any atom is 0.264 e. The maximum atomic E-state index is 13.6. The molecule has 1 aromatic carbocycles. The largest absolute Gasteiger partial charge is 0.324 e. The number of amides is 1. The molecule has 0 aliphatic heterocycles. The minimum atomic E-state index is -0.863. The number of nitrogens with one attached hydrogen (secondary N) is 1. The van der Waals surface area contributed by atoms with Crippen molar-refractivity contribution in [3.63, 3.8) is 0 Å². The van der Waals surface area contributed by atoms with E-state index in [2.05, 4.69) is 15.4 Å². The molecule has 1 N–H and O–H groups in total. The minimum Gasteiger partial charge on any atom is -0.324 e. The van der Waals surface area contributed by atoms with Crippen LogP contribution >= 0.6 is 0 Å². The van der Waals surface area contributed by atoms with Gasteiger partial charge in [-0.2, -0.15) is 5.10 Å². The van der Waals surface area contributed by atoms with E-state index in [9.17, 15) is 18.4 Å². The van der Waals surface area contributed by atoms with Crippen LogP contribution in [0.25, 0.3) is 11.0 Å². The van der Waals surface area contributed by atoms with Gasteiger partial charge < -0.3 is 5.32 Å². The van der Waals surface area contributed by atoms with Gasteiger partial charge in [0.15, 0.2) is 5.65 Å². The number of aryl methyl sites for hydroxylation is 1. The molecule has 0 saturated heterocycles. The number of hydrogen-bond acceptors (Lipinski definition) is 4. The van der Waals surface area contributed by atoms with E-state index >= 15 is 0 Å². The number of fused-ring (bicyclic) bond motifs is 1. The molecule has 27 heavy (non-hydrogen) atoms. The summed E-state index contributed by atoms with van der Waals surface area (Å²) < 4.78 is 29.4. The lowest BCUT2D eigenvalue weighted by molar-refractivity contribution is -0.116. The zero-order valence-electron chi connectivity index (χ0n) is 15.2. The number of carbonyl (C=O) groups is 1. The lowest BCUT2D eigenvalue weighted by Crippen LogP contribution is -2.26. The molecule has 0 aliphatic rings. The monoisotopic (exact) mass is 375 g/mol. The van der Waals surface area contributed by atoms with Gasteiger partial charge in [0.2, 0.25) is 5.91 Å². The number of nitrogens with zero attached hydrogens (tertiary/aromatic N) is 4. The summed E-state index contributed by atoms with van der Waals surface area (Å²) in [6, 6.07) is 2.88. The number of carbonyl (C=O) groups excluding carboxylic acids is 1. The Hall–Kier alpha value is -3.10. The van der Waals surface area contributed by atoms with Crippen LogP contribution in [0.2, 0.25) is 0 Å². The SMILES string of the molecule is CC(C)(C)n1ncc2c(=O)n(CCC(=O)Nc3ccc(F)cc3F)cnc21. The molecule has 2 aromatic heterocycles. The quantitative estimate of drug-likeness (QED) is 0.760. The van der Waals surface area contributed by atoms with Crippen LogP contribution in [0, 0.1) is 11.6 Å². The van der Waals surface area contributed by atoms with Crippen molar-refractivity contribution in [3.05, 3.63) is 52.7 Å². The van der Waals surface area contributed by atoms with Crippen LogP contribution in [0.1, 0.15) is 27.2 Å². The highest BCUT2D eigenvalue weighted by atomic mass is 19.1. The Labute approximate surface area is 153 Å². The molecule has 0 bridgehead atoms. The van der Waals surface area contributed by atoms with E-state index < -0.39 is 17.5 Å². The molecule has 0 spiro atoms. The van der Waals surface area contributed by atoms with Crippen molar-refractivity contribution in [2.45, 2.75) is 39.3 Å². The predicted molar refractivity (Wildman–Crippen MR) is 96.4 cm³/mol. The van der Waals surface area contributed by atoms with E-state index in [4.69, 9.17) is 0 Å². The molecular formula is C18H19F2N5O2. The first-order valence-electron chi connectivity index (χ1n) is 8.35. The van der Waals surface area contributed by atoms with Gasteiger partial charge in [-0.15, -0.1) is 0 Å². The molecule has 2 heterocycles. The van der Waals surface area contributed by atoms with Crippen LogP contribution < -0.4 is 10.9 Å². The van der Waals surface area contributed by atoms with E-state index in [1.807, 2.05) is 20.8 Å². The highest BCUT2D eigenvalue weighted by Crippen LogP contribution is 2.18. The average Bonchev–Trinajstić information content (AvgIpc) is 3.02. The van der Waals surface area contributed by atoms with E-state index in [1.54, 1.807) is 4.68 Å². The van der Waals surface area contributed by atoms with E-state index in [-0.39, 0.29) is 29.8 Å². The average molecular weight is 375 g/mol. The van der Waals surface area contributed by atoms with E-state index in [0.717, 1.165) is 12.1 Å². The Balaban J connectivity index is 1.74. The standard InChI is InChI=1S/C18H19F2N5O2/c1-18(2,3)25-16-12(9-22-25)17(27)24(10-21-16)7-6-15(26)23-14-5-4-11(19)8-13(14)20/h4-5,8-10H,6-7H2,1-3H3,(H,23,26). The van der Waals surface area contributed by atoms with Gasteiger partial charge in [0.25, 0.3) is 5.56 Å². The van der Waals surface area contributed by atoms with Gasteiger partial charge in [0, 0.05) is 19.0 Å². The zero-order chi connectivity index (χ0) is 19.8. The van der Waals surface area contributed by atoms with Crippen molar-refractivity contribution in [1.29, 1.82) is 0 Å². The number of rotatable bonds is 4. The Morgan fingerprint density at radius 3 is 2.67 bits per heavy atom. The first-order valence-corrected chi connectivity index (χ1v) is 8.35. The fraction of sp³-hybridized carbons (Fsp3) is 0.333. The van der Waals surface area contributed by atoms with Gasteiger partial charge in [0.1, 0.15) is 17.0 Å². The fourth-order valence-electron chi connectivity index (χ4n) is 2.62. The smallest absolute Gasteiger partial charge is 0.264 e. The molecule has 3 rings (SSSR count). The summed E-state index contributed by atoms with van der Waals surface area (Å²) in [5, 5.41) is 6.94. The molecule has 0 fully saturated rings. The summed E-state index contributed by atoms with van der Waals surface area (Å²) in [4.78, 5) is 28.9. The molecule has 0 radical (unpaired) electrons. The third kappa shape index (κ3) is 3.86. The molecule has 0 unspecified atom stereocenters. The van der Waals surface area contributed by atoms with Crippen molar-refractivity contribution in [2.75, 3.05) is 5.32 Å². The fourth-order valence-corrected chi connectivity index (χ4v) is 2.62. The van der Waals surface area contributed by atoms with Crippen LogP contribution in [0.5, 0.6) is 0 Å². The van der Waals surface area contributed by atoms with E-state index in [0.29, 0.717) is 17.1 Å². The van der Waals surface area contributed by atoms with E-state index in [1.165, 1.54) is 17.1 Å². The topological polar surface area (TPSA) is 81.8 Å². The van der Waals surface area contributed by atoms with Gasteiger partial charge in [0.05, 0.1) is 23.8 Å². The minimum absolute atomic E-state index is 0.0666. The highest BCUT2D eigenvalue weighted by molar-refractivity contribution is 5.90. The molecule has 3 aromatic rings. The van der Waals surface area contributed by atoms with Crippen LogP contribution in [0.4, 0.5) is 14.5 Å². The second-order valence-electron chi connectivity index (χ2n) is 7.13. The first-order chi connectivity index (χ1) is 12.7. The lowest BCUT2D eigenvalue weighted by Gasteiger charge is -2.19. The van der Waals surface area contributed by atoms with Crippen molar-refractivity contribution in [3.8, 4) is 0 Å². The first kappa shape index (κ1) is 18.7. The number of halogens is 2.